The fourth-order valence-electron chi connectivity index (χ4n) is 2.47. The summed E-state index contributed by atoms with van der Waals surface area (Å²) < 4.78 is 11.3. The SMILES string of the molecule is CCCC(C)(C)CCOC(C)(CC)CCOC(=O)CCC(=O)NN. The average Bonchev–Trinajstić information content (AvgIpc) is 2.52. The first-order valence-corrected chi connectivity index (χ1v) is 8.97. The van der Waals surface area contributed by atoms with E-state index in [9.17, 15) is 9.59 Å². The van der Waals surface area contributed by atoms with Crippen LogP contribution in [0.5, 0.6) is 0 Å². The number of hydrazine groups is 1. The lowest BCUT2D eigenvalue weighted by atomic mass is 9.85. The van der Waals surface area contributed by atoms with Crippen LogP contribution in [-0.4, -0.2) is 30.7 Å². The Morgan fingerprint density at radius 2 is 1.67 bits per heavy atom. The molecule has 3 N–H and O–H groups in total. The highest BCUT2D eigenvalue weighted by Gasteiger charge is 2.25. The van der Waals surface area contributed by atoms with Gasteiger partial charge >= 0.3 is 5.97 Å². The average molecular weight is 344 g/mol. The van der Waals surface area contributed by atoms with Crippen LogP contribution in [0.4, 0.5) is 0 Å². The Balaban J connectivity index is 4.10. The van der Waals surface area contributed by atoms with E-state index in [0.717, 1.165) is 12.8 Å². The van der Waals surface area contributed by atoms with E-state index in [2.05, 4.69) is 34.6 Å². The predicted molar refractivity (Wildman–Crippen MR) is 95.1 cm³/mol. The second kappa shape index (κ2) is 11.4. The molecule has 1 amide bonds. The van der Waals surface area contributed by atoms with Crippen LogP contribution in [0.25, 0.3) is 0 Å². The minimum Gasteiger partial charge on any atom is -0.466 e. The minimum atomic E-state index is -0.388. The third-order valence-corrected chi connectivity index (χ3v) is 4.52. The highest BCUT2D eigenvalue weighted by Crippen LogP contribution is 2.28. The zero-order chi connectivity index (χ0) is 18.6. The van der Waals surface area contributed by atoms with Gasteiger partial charge in [0.25, 0.3) is 0 Å². The van der Waals surface area contributed by atoms with Gasteiger partial charge in [-0.3, -0.25) is 15.0 Å². The quantitative estimate of drug-likeness (QED) is 0.232. The Labute approximate surface area is 146 Å². The van der Waals surface area contributed by atoms with E-state index in [1.54, 1.807) is 0 Å². The van der Waals surface area contributed by atoms with Crippen LogP contribution in [0.2, 0.25) is 0 Å². The standard InChI is InChI=1S/C18H36N2O4/c1-6-10-17(3,4)11-14-24-18(5,7-2)12-13-23-16(22)9-8-15(21)20-19/h6-14,19H2,1-5H3,(H,20,21). The number of rotatable bonds is 13. The summed E-state index contributed by atoms with van der Waals surface area (Å²) in [5, 5.41) is 0. The highest BCUT2D eigenvalue weighted by molar-refractivity contribution is 5.80. The molecule has 0 radical (unpaired) electrons. The first-order chi connectivity index (χ1) is 11.2. The van der Waals surface area contributed by atoms with Gasteiger partial charge in [0.15, 0.2) is 0 Å². The Kier molecular flexibility index (Phi) is 10.9. The van der Waals surface area contributed by atoms with Crippen LogP contribution in [-0.2, 0) is 19.1 Å². The number of carbonyl (C=O) groups excluding carboxylic acids is 2. The number of nitrogens with one attached hydrogen (secondary N) is 1. The number of carbonyl (C=O) groups is 2. The number of esters is 1. The third-order valence-electron chi connectivity index (χ3n) is 4.52. The topological polar surface area (TPSA) is 90.6 Å². The molecular weight excluding hydrogens is 308 g/mol. The molecule has 0 aliphatic rings. The van der Waals surface area contributed by atoms with Gasteiger partial charge in [-0.2, -0.15) is 0 Å². The van der Waals surface area contributed by atoms with Crippen molar-refractivity contribution in [2.75, 3.05) is 13.2 Å². The van der Waals surface area contributed by atoms with Gasteiger partial charge in [0.1, 0.15) is 0 Å². The van der Waals surface area contributed by atoms with Crippen molar-refractivity contribution >= 4 is 11.9 Å². The zero-order valence-electron chi connectivity index (χ0n) is 16.1. The normalized spacial score (nSPS) is 14.1. The van der Waals surface area contributed by atoms with Gasteiger partial charge < -0.3 is 9.47 Å². The summed E-state index contributed by atoms with van der Waals surface area (Å²) in [4.78, 5) is 22.5. The molecule has 0 aromatic rings. The van der Waals surface area contributed by atoms with E-state index < -0.39 is 0 Å². The van der Waals surface area contributed by atoms with E-state index in [0.29, 0.717) is 25.0 Å². The zero-order valence-corrected chi connectivity index (χ0v) is 16.1. The van der Waals surface area contributed by atoms with Crippen LogP contribution in [0, 0.1) is 5.41 Å². The molecule has 0 aromatic heterocycles. The maximum atomic E-state index is 11.6. The van der Waals surface area contributed by atoms with Crippen LogP contribution >= 0.6 is 0 Å². The molecule has 0 aromatic carbocycles. The molecule has 0 spiro atoms. The molecule has 6 heteroatoms. The maximum absolute atomic E-state index is 11.6. The van der Waals surface area contributed by atoms with E-state index in [1.165, 1.54) is 12.8 Å². The lowest BCUT2D eigenvalue weighted by Crippen LogP contribution is -2.32. The van der Waals surface area contributed by atoms with E-state index in [4.69, 9.17) is 15.3 Å². The molecule has 142 valence electrons. The summed E-state index contributed by atoms with van der Waals surface area (Å²) in [6.45, 7) is 11.9. The maximum Gasteiger partial charge on any atom is 0.306 e. The van der Waals surface area contributed by atoms with Crippen molar-refractivity contribution in [2.24, 2.45) is 11.3 Å². The number of nitrogens with two attached hydrogens (primary N) is 1. The molecule has 0 saturated carbocycles. The fraction of sp³-hybridized carbons (Fsp3) is 0.889. The molecule has 24 heavy (non-hydrogen) atoms. The summed E-state index contributed by atoms with van der Waals surface area (Å²) in [7, 11) is 0. The monoisotopic (exact) mass is 344 g/mol. The molecule has 0 aliphatic carbocycles. The van der Waals surface area contributed by atoms with Gasteiger partial charge in [0.05, 0.1) is 18.6 Å². The minimum absolute atomic E-state index is 0.0396. The molecule has 0 aliphatic heterocycles. The van der Waals surface area contributed by atoms with E-state index in [1.807, 2.05) is 5.43 Å². The third kappa shape index (κ3) is 10.6. The molecule has 1 atom stereocenters. The molecule has 0 bridgehead atoms. The van der Waals surface area contributed by atoms with E-state index >= 15 is 0 Å². The lowest BCUT2D eigenvalue weighted by molar-refractivity contribution is -0.147. The fourth-order valence-corrected chi connectivity index (χ4v) is 2.47. The molecule has 0 rings (SSSR count). The van der Waals surface area contributed by atoms with Gasteiger partial charge in [-0.15, -0.1) is 0 Å². The number of hydrogen-bond acceptors (Lipinski definition) is 5. The van der Waals surface area contributed by atoms with Crippen molar-refractivity contribution in [1.29, 1.82) is 0 Å². The summed E-state index contributed by atoms with van der Waals surface area (Å²) in [5.41, 5.74) is 1.98. The summed E-state index contributed by atoms with van der Waals surface area (Å²) in [5.74, 6) is 4.20. The highest BCUT2D eigenvalue weighted by atomic mass is 16.5. The molecule has 0 heterocycles. The number of hydrogen-bond donors (Lipinski definition) is 2. The van der Waals surface area contributed by atoms with Crippen molar-refractivity contribution in [3.05, 3.63) is 0 Å². The van der Waals surface area contributed by atoms with Crippen molar-refractivity contribution in [3.63, 3.8) is 0 Å². The Hall–Kier alpha value is -1.14. The van der Waals surface area contributed by atoms with Crippen molar-refractivity contribution in [2.45, 2.75) is 85.2 Å². The van der Waals surface area contributed by atoms with Gasteiger partial charge in [0.2, 0.25) is 5.91 Å². The van der Waals surface area contributed by atoms with Crippen LogP contribution in [0.1, 0.15) is 79.6 Å². The van der Waals surface area contributed by atoms with Gasteiger partial charge in [-0.1, -0.05) is 34.1 Å². The van der Waals surface area contributed by atoms with Crippen LogP contribution in [0.3, 0.4) is 0 Å². The summed E-state index contributed by atoms with van der Waals surface area (Å²) in [6.07, 6.45) is 4.97. The largest absolute Gasteiger partial charge is 0.466 e. The molecular formula is C18H36N2O4. The lowest BCUT2D eigenvalue weighted by Gasteiger charge is -2.31. The van der Waals surface area contributed by atoms with Crippen molar-refractivity contribution in [1.82, 2.24) is 5.43 Å². The Morgan fingerprint density at radius 1 is 1.00 bits per heavy atom. The Morgan fingerprint density at radius 3 is 2.21 bits per heavy atom. The molecule has 0 saturated heterocycles. The van der Waals surface area contributed by atoms with Crippen molar-refractivity contribution < 1.29 is 19.1 Å². The predicted octanol–water partition coefficient (Wildman–Crippen LogP) is 3.09. The first-order valence-electron chi connectivity index (χ1n) is 8.97. The first kappa shape index (κ1) is 22.9. The van der Waals surface area contributed by atoms with Crippen LogP contribution < -0.4 is 11.3 Å². The Bertz CT molecular complexity index is 385. The molecule has 1 unspecified atom stereocenters. The molecule has 6 nitrogen and oxygen atoms in total. The van der Waals surface area contributed by atoms with E-state index in [-0.39, 0.29) is 30.3 Å². The summed E-state index contributed by atoms with van der Waals surface area (Å²) >= 11 is 0. The smallest absolute Gasteiger partial charge is 0.306 e. The second-order valence-corrected chi connectivity index (χ2v) is 7.35. The van der Waals surface area contributed by atoms with Gasteiger partial charge in [-0.05, 0) is 31.6 Å². The summed E-state index contributed by atoms with van der Waals surface area (Å²) in [6, 6.07) is 0. The number of amides is 1. The van der Waals surface area contributed by atoms with Gasteiger partial charge in [0, 0.05) is 19.4 Å². The van der Waals surface area contributed by atoms with Crippen molar-refractivity contribution in [3.8, 4) is 0 Å². The molecule has 0 fully saturated rings. The number of ether oxygens (including phenoxy) is 2. The van der Waals surface area contributed by atoms with Crippen LogP contribution in [0.15, 0.2) is 0 Å². The van der Waals surface area contributed by atoms with Gasteiger partial charge in [-0.25, -0.2) is 5.84 Å². The second-order valence-electron chi connectivity index (χ2n) is 7.35.